The van der Waals surface area contributed by atoms with Crippen molar-refractivity contribution in [1.29, 1.82) is 0 Å². The lowest BCUT2D eigenvalue weighted by Gasteiger charge is -2.17. The van der Waals surface area contributed by atoms with E-state index in [0.717, 1.165) is 36.6 Å². The normalized spacial score (nSPS) is 11.1. The molecule has 0 aliphatic rings. The smallest absolute Gasteiger partial charge is 0.269 e. The van der Waals surface area contributed by atoms with Crippen molar-refractivity contribution in [1.82, 2.24) is 29.6 Å². The Morgan fingerprint density at radius 2 is 2.00 bits per heavy atom. The number of anilines is 2. The SMILES string of the molecule is Bc1cnc(Nc2ccc(C(=O)NCCN(CC)CC)nc2)c2nccn12. The van der Waals surface area contributed by atoms with Crippen molar-refractivity contribution in [3.05, 3.63) is 42.6 Å². The average Bonchev–Trinajstić information content (AvgIpc) is 3.19. The lowest BCUT2D eigenvalue weighted by Crippen LogP contribution is -2.35. The summed E-state index contributed by atoms with van der Waals surface area (Å²) in [5, 5.41) is 6.11. The fourth-order valence-electron chi connectivity index (χ4n) is 2.83. The lowest BCUT2D eigenvalue weighted by atomic mass is 10.1. The molecule has 140 valence electrons. The van der Waals surface area contributed by atoms with E-state index in [1.165, 1.54) is 0 Å². The number of amides is 1. The van der Waals surface area contributed by atoms with E-state index in [9.17, 15) is 4.79 Å². The van der Waals surface area contributed by atoms with Crippen LogP contribution in [0.15, 0.2) is 36.9 Å². The summed E-state index contributed by atoms with van der Waals surface area (Å²) in [6, 6.07) is 3.51. The minimum Gasteiger partial charge on any atom is -0.349 e. The zero-order chi connectivity index (χ0) is 19.2. The number of nitrogens with one attached hydrogen (secondary N) is 2. The Morgan fingerprint density at radius 1 is 1.19 bits per heavy atom. The molecule has 8 nitrogen and oxygen atoms in total. The summed E-state index contributed by atoms with van der Waals surface area (Å²) in [6.45, 7) is 7.60. The van der Waals surface area contributed by atoms with Gasteiger partial charge in [-0.3, -0.25) is 4.79 Å². The van der Waals surface area contributed by atoms with Gasteiger partial charge in [-0.15, -0.1) is 0 Å². The number of rotatable bonds is 8. The molecule has 3 rings (SSSR count). The van der Waals surface area contributed by atoms with Gasteiger partial charge in [-0.1, -0.05) is 13.8 Å². The monoisotopic (exact) mass is 365 g/mol. The average molecular weight is 365 g/mol. The first-order chi connectivity index (χ1) is 13.1. The van der Waals surface area contributed by atoms with Crippen molar-refractivity contribution in [2.45, 2.75) is 13.8 Å². The van der Waals surface area contributed by atoms with Crippen LogP contribution in [-0.4, -0.2) is 64.2 Å². The van der Waals surface area contributed by atoms with Gasteiger partial charge in [0.2, 0.25) is 0 Å². The Hall–Kier alpha value is -2.94. The highest BCUT2D eigenvalue weighted by molar-refractivity contribution is 6.31. The van der Waals surface area contributed by atoms with Crippen molar-refractivity contribution in [2.75, 3.05) is 31.5 Å². The van der Waals surface area contributed by atoms with Gasteiger partial charge >= 0.3 is 0 Å². The third-order valence-corrected chi connectivity index (χ3v) is 4.48. The molecule has 3 heterocycles. The van der Waals surface area contributed by atoms with Gasteiger partial charge in [-0.05, 0) is 30.8 Å². The van der Waals surface area contributed by atoms with Crippen LogP contribution < -0.4 is 16.2 Å². The van der Waals surface area contributed by atoms with Gasteiger partial charge in [0, 0.05) is 31.7 Å². The highest BCUT2D eigenvalue weighted by Crippen LogP contribution is 2.17. The molecule has 0 unspecified atom stereocenters. The van der Waals surface area contributed by atoms with Crippen LogP contribution in [0.25, 0.3) is 5.65 Å². The molecular formula is C18H24BN7O. The predicted octanol–water partition coefficient (Wildman–Crippen LogP) is 0.198. The van der Waals surface area contributed by atoms with Crippen molar-refractivity contribution in [3.63, 3.8) is 0 Å². The van der Waals surface area contributed by atoms with Crippen molar-refractivity contribution in [3.8, 4) is 0 Å². The maximum atomic E-state index is 12.2. The molecule has 0 bridgehead atoms. The van der Waals surface area contributed by atoms with Crippen LogP contribution in [-0.2, 0) is 0 Å². The quantitative estimate of drug-likeness (QED) is 0.555. The molecule has 0 saturated carbocycles. The summed E-state index contributed by atoms with van der Waals surface area (Å²) < 4.78 is 1.96. The van der Waals surface area contributed by atoms with Crippen LogP contribution >= 0.6 is 0 Å². The van der Waals surface area contributed by atoms with E-state index in [-0.39, 0.29) is 5.91 Å². The van der Waals surface area contributed by atoms with Crippen molar-refractivity contribution < 1.29 is 4.79 Å². The number of aromatic nitrogens is 4. The minimum absolute atomic E-state index is 0.169. The van der Waals surface area contributed by atoms with E-state index < -0.39 is 0 Å². The topological polar surface area (TPSA) is 87.5 Å². The Morgan fingerprint density at radius 3 is 2.70 bits per heavy atom. The number of hydrogen-bond acceptors (Lipinski definition) is 6. The number of imidazole rings is 1. The molecule has 1 amide bonds. The first-order valence-corrected chi connectivity index (χ1v) is 9.14. The largest absolute Gasteiger partial charge is 0.349 e. The number of likely N-dealkylation sites (N-methyl/N-ethyl adjacent to an activating group) is 1. The van der Waals surface area contributed by atoms with E-state index in [1.54, 1.807) is 24.7 Å². The Labute approximate surface area is 159 Å². The number of carbonyl (C=O) groups excluding carboxylic acids is 1. The summed E-state index contributed by atoms with van der Waals surface area (Å²) in [6.07, 6.45) is 7.03. The molecule has 0 fully saturated rings. The van der Waals surface area contributed by atoms with Crippen LogP contribution in [0.4, 0.5) is 11.5 Å². The van der Waals surface area contributed by atoms with Crippen LogP contribution in [0.3, 0.4) is 0 Å². The maximum Gasteiger partial charge on any atom is 0.269 e. The highest BCUT2D eigenvalue weighted by atomic mass is 16.1. The first kappa shape index (κ1) is 18.8. The van der Waals surface area contributed by atoms with Crippen LogP contribution in [0, 0.1) is 0 Å². The molecule has 0 aliphatic heterocycles. The molecule has 2 N–H and O–H groups in total. The second-order valence-electron chi connectivity index (χ2n) is 6.21. The van der Waals surface area contributed by atoms with Gasteiger partial charge in [-0.2, -0.15) is 0 Å². The number of pyridine rings is 1. The van der Waals surface area contributed by atoms with E-state index in [2.05, 4.69) is 44.3 Å². The van der Waals surface area contributed by atoms with Crippen LogP contribution in [0.5, 0.6) is 0 Å². The van der Waals surface area contributed by atoms with Gasteiger partial charge in [-0.25, -0.2) is 15.0 Å². The summed E-state index contributed by atoms with van der Waals surface area (Å²) in [4.78, 5) is 27.5. The summed E-state index contributed by atoms with van der Waals surface area (Å²) in [5.41, 5.74) is 2.88. The zero-order valence-electron chi connectivity index (χ0n) is 15.9. The predicted molar refractivity (Wildman–Crippen MR) is 109 cm³/mol. The van der Waals surface area contributed by atoms with Gasteiger partial charge in [0.15, 0.2) is 19.3 Å². The van der Waals surface area contributed by atoms with Gasteiger partial charge in [0.05, 0.1) is 11.9 Å². The molecule has 3 aromatic rings. The third-order valence-electron chi connectivity index (χ3n) is 4.48. The Balaban J connectivity index is 1.62. The molecule has 0 saturated heterocycles. The van der Waals surface area contributed by atoms with E-state index in [0.29, 0.717) is 18.1 Å². The van der Waals surface area contributed by atoms with Crippen LogP contribution in [0.2, 0.25) is 0 Å². The molecule has 9 heteroatoms. The van der Waals surface area contributed by atoms with E-state index in [4.69, 9.17) is 0 Å². The fraction of sp³-hybridized carbons (Fsp3) is 0.333. The first-order valence-electron chi connectivity index (χ1n) is 9.14. The number of fused-ring (bicyclic) bond motifs is 1. The standard InChI is InChI=1S/C18H24BN7O/c1-3-25(4-2)9-7-21-18(27)14-6-5-13(11-22-14)24-16-17-20-8-10-26(17)15(19)12-23-16/h5-6,8,10-12H,3-4,7,9,19H2,1-2H3,(H,21,27)(H,23,24). The second-order valence-corrected chi connectivity index (χ2v) is 6.21. The minimum atomic E-state index is -0.169. The second kappa shape index (κ2) is 8.63. The number of hydrogen-bond donors (Lipinski definition) is 2. The van der Waals surface area contributed by atoms with E-state index >= 15 is 0 Å². The molecule has 0 aromatic carbocycles. The third kappa shape index (κ3) is 4.43. The fourth-order valence-corrected chi connectivity index (χ4v) is 2.83. The molecular weight excluding hydrogens is 341 g/mol. The Bertz CT molecular complexity index is 906. The molecule has 0 atom stereocenters. The molecule has 27 heavy (non-hydrogen) atoms. The van der Waals surface area contributed by atoms with Crippen molar-refractivity contribution >= 4 is 36.5 Å². The summed E-state index contributed by atoms with van der Waals surface area (Å²) in [5.74, 6) is 0.474. The van der Waals surface area contributed by atoms with Crippen molar-refractivity contribution in [2.24, 2.45) is 0 Å². The highest BCUT2D eigenvalue weighted by Gasteiger charge is 2.10. The molecule has 3 aromatic heterocycles. The van der Waals surface area contributed by atoms with Gasteiger partial charge < -0.3 is 19.9 Å². The van der Waals surface area contributed by atoms with E-state index in [1.807, 2.05) is 24.5 Å². The van der Waals surface area contributed by atoms with Gasteiger partial charge in [0.1, 0.15) is 5.69 Å². The summed E-state index contributed by atoms with van der Waals surface area (Å²) in [7, 11) is 1.97. The molecule has 0 spiro atoms. The van der Waals surface area contributed by atoms with Gasteiger partial charge in [0.25, 0.3) is 5.91 Å². The molecule has 0 aliphatic carbocycles. The van der Waals surface area contributed by atoms with Crippen LogP contribution in [0.1, 0.15) is 24.3 Å². The lowest BCUT2D eigenvalue weighted by molar-refractivity contribution is 0.0944. The number of carbonyl (C=O) groups is 1. The zero-order valence-corrected chi connectivity index (χ0v) is 15.9. The number of nitrogens with zero attached hydrogens (tertiary/aromatic N) is 5. The Kier molecular flexibility index (Phi) is 6.03. The summed E-state index contributed by atoms with van der Waals surface area (Å²) >= 11 is 0. The maximum absolute atomic E-state index is 12.2. The molecule has 0 radical (unpaired) electrons.